The van der Waals surface area contributed by atoms with Gasteiger partial charge >= 0.3 is 0 Å². The zero-order chi connectivity index (χ0) is 20.7. The van der Waals surface area contributed by atoms with Crippen LogP contribution in [0.5, 0.6) is 0 Å². The lowest BCUT2D eigenvalue weighted by molar-refractivity contribution is 0.0745. The highest BCUT2D eigenvalue weighted by atomic mass is 16.2. The number of fused-ring (bicyclic) bond motifs is 1. The van der Waals surface area contributed by atoms with Crippen molar-refractivity contribution in [3.63, 3.8) is 0 Å². The van der Waals surface area contributed by atoms with Gasteiger partial charge in [0.05, 0.1) is 16.8 Å². The number of piperazine rings is 1. The van der Waals surface area contributed by atoms with E-state index in [4.69, 9.17) is 0 Å². The fourth-order valence-corrected chi connectivity index (χ4v) is 4.60. The molecule has 2 aliphatic rings. The zero-order valence-electron chi connectivity index (χ0n) is 17.6. The molecular formula is C22H27N7O. The normalized spacial score (nSPS) is 17.2. The van der Waals surface area contributed by atoms with Gasteiger partial charge in [-0.1, -0.05) is 0 Å². The van der Waals surface area contributed by atoms with Crippen LogP contribution < -0.4 is 9.80 Å². The molecule has 0 saturated carbocycles. The molecule has 3 aromatic rings. The van der Waals surface area contributed by atoms with Crippen molar-refractivity contribution >= 4 is 28.3 Å². The number of aromatic nitrogens is 4. The van der Waals surface area contributed by atoms with E-state index in [0.717, 1.165) is 54.3 Å². The molecule has 8 heteroatoms. The minimum atomic E-state index is 0.0710. The van der Waals surface area contributed by atoms with Crippen molar-refractivity contribution in [3.8, 4) is 0 Å². The largest absolute Gasteiger partial charge is 0.368 e. The highest BCUT2D eigenvalue weighted by Gasteiger charge is 2.26. The molecule has 0 bridgehead atoms. The second kappa shape index (κ2) is 7.59. The molecule has 2 aromatic heterocycles. The van der Waals surface area contributed by atoms with E-state index >= 15 is 0 Å². The van der Waals surface area contributed by atoms with Gasteiger partial charge in [0.25, 0.3) is 5.91 Å². The third-order valence-corrected chi connectivity index (χ3v) is 6.28. The molecule has 1 amide bonds. The molecule has 1 aromatic carbocycles. The van der Waals surface area contributed by atoms with Crippen LogP contribution in [-0.2, 0) is 0 Å². The van der Waals surface area contributed by atoms with Gasteiger partial charge in [-0.15, -0.1) is 0 Å². The molecule has 156 valence electrons. The van der Waals surface area contributed by atoms with Gasteiger partial charge in [-0.3, -0.25) is 9.89 Å². The highest BCUT2D eigenvalue weighted by molar-refractivity contribution is 5.96. The lowest BCUT2D eigenvalue weighted by atomic mass is 10.1. The van der Waals surface area contributed by atoms with Gasteiger partial charge < -0.3 is 14.7 Å². The Morgan fingerprint density at radius 2 is 1.73 bits per heavy atom. The Balaban J connectivity index is 1.35. The number of hydrogen-bond acceptors (Lipinski definition) is 6. The van der Waals surface area contributed by atoms with Gasteiger partial charge in [-0.05, 0) is 44.9 Å². The molecular weight excluding hydrogens is 378 g/mol. The average molecular weight is 406 g/mol. The maximum absolute atomic E-state index is 12.9. The summed E-state index contributed by atoms with van der Waals surface area (Å²) in [6.45, 7) is 8.91. The standard InChI is InChI=1S/C22H27N7O/c1-15-20(16(2)26-25-15)22(30)29-11-9-27(10-12-29)17-5-6-19-18(13-17)21(24-14-23-19)28-7-3-4-8-28/h5-6,13-14H,3-4,7-12H2,1-2H3,(H,25,26). The number of carbonyl (C=O) groups excluding carboxylic acids is 1. The SMILES string of the molecule is Cc1n[nH]c(C)c1C(=O)N1CCN(c2ccc3ncnc(N4CCCC4)c3c2)CC1. The van der Waals surface area contributed by atoms with Crippen LogP contribution in [0.25, 0.3) is 10.9 Å². The molecule has 0 unspecified atom stereocenters. The summed E-state index contributed by atoms with van der Waals surface area (Å²) in [4.78, 5) is 28.6. The number of benzene rings is 1. The number of H-pyrrole nitrogens is 1. The van der Waals surface area contributed by atoms with Crippen LogP contribution in [0.1, 0.15) is 34.6 Å². The van der Waals surface area contributed by atoms with E-state index < -0.39 is 0 Å². The smallest absolute Gasteiger partial charge is 0.257 e. The first-order valence-corrected chi connectivity index (χ1v) is 10.7. The average Bonchev–Trinajstić information content (AvgIpc) is 3.42. The van der Waals surface area contributed by atoms with Crippen LogP contribution in [0.4, 0.5) is 11.5 Å². The topological polar surface area (TPSA) is 81.2 Å². The van der Waals surface area contributed by atoms with Crippen molar-refractivity contribution in [2.45, 2.75) is 26.7 Å². The lowest BCUT2D eigenvalue weighted by Crippen LogP contribution is -2.49. The third kappa shape index (κ3) is 3.26. The Morgan fingerprint density at radius 3 is 2.43 bits per heavy atom. The van der Waals surface area contributed by atoms with Crippen molar-refractivity contribution in [1.82, 2.24) is 25.1 Å². The van der Waals surface area contributed by atoms with Crippen molar-refractivity contribution in [1.29, 1.82) is 0 Å². The van der Waals surface area contributed by atoms with Crippen molar-refractivity contribution < 1.29 is 4.79 Å². The maximum Gasteiger partial charge on any atom is 0.257 e. The van der Waals surface area contributed by atoms with E-state index in [9.17, 15) is 4.79 Å². The molecule has 0 radical (unpaired) electrons. The number of hydrogen-bond donors (Lipinski definition) is 1. The number of carbonyl (C=O) groups is 1. The number of aromatic amines is 1. The van der Waals surface area contributed by atoms with Gasteiger partial charge in [0.15, 0.2) is 0 Å². The van der Waals surface area contributed by atoms with Gasteiger partial charge in [-0.25, -0.2) is 9.97 Å². The lowest BCUT2D eigenvalue weighted by Gasteiger charge is -2.36. The summed E-state index contributed by atoms with van der Waals surface area (Å²) >= 11 is 0. The second-order valence-corrected chi connectivity index (χ2v) is 8.18. The third-order valence-electron chi connectivity index (χ3n) is 6.28. The molecule has 30 heavy (non-hydrogen) atoms. The fraction of sp³-hybridized carbons (Fsp3) is 0.455. The number of nitrogens with one attached hydrogen (secondary N) is 1. The van der Waals surface area contributed by atoms with Crippen LogP contribution in [0, 0.1) is 13.8 Å². The molecule has 8 nitrogen and oxygen atoms in total. The maximum atomic E-state index is 12.9. The number of anilines is 2. The van der Waals surface area contributed by atoms with Crippen LogP contribution in [0.2, 0.25) is 0 Å². The zero-order valence-corrected chi connectivity index (χ0v) is 17.6. The molecule has 0 atom stereocenters. The van der Waals surface area contributed by atoms with Crippen LogP contribution in [0.15, 0.2) is 24.5 Å². The van der Waals surface area contributed by atoms with E-state index in [1.807, 2.05) is 18.7 Å². The van der Waals surface area contributed by atoms with Gasteiger partial charge in [0.1, 0.15) is 12.1 Å². The number of aryl methyl sites for hydroxylation is 2. The predicted octanol–water partition coefficient (Wildman–Crippen LogP) is 2.53. The van der Waals surface area contributed by atoms with Crippen molar-refractivity contribution in [2.24, 2.45) is 0 Å². The number of nitrogens with zero attached hydrogens (tertiary/aromatic N) is 6. The summed E-state index contributed by atoms with van der Waals surface area (Å²) < 4.78 is 0. The Labute approximate surface area is 175 Å². The quantitative estimate of drug-likeness (QED) is 0.721. The summed E-state index contributed by atoms with van der Waals surface area (Å²) in [7, 11) is 0. The van der Waals surface area contributed by atoms with Gasteiger partial charge in [0.2, 0.25) is 0 Å². The minimum Gasteiger partial charge on any atom is -0.368 e. The van der Waals surface area contributed by atoms with E-state index in [1.165, 1.54) is 18.5 Å². The molecule has 0 aliphatic carbocycles. The first-order valence-electron chi connectivity index (χ1n) is 10.7. The van der Waals surface area contributed by atoms with Gasteiger partial charge in [0, 0.05) is 56.0 Å². The predicted molar refractivity (Wildman–Crippen MR) is 117 cm³/mol. The molecule has 2 fully saturated rings. The van der Waals surface area contributed by atoms with E-state index in [0.29, 0.717) is 18.7 Å². The van der Waals surface area contributed by atoms with Crippen LogP contribution in [0.3, 0.4) is 0 Å². The summed E-state index contributed by atoms with van der Waals surface area (Å²) in [5, 5.41) is 8.19. The first-order chi connectivity index (χ1) is 14.6. The molecule has 4 heterocycles. The minimum absolute atomic E-state index is 0.0710. The molecule has 5 rings (SSSR count). The molecule has 1 N–H and O–H groups in total. The highest BCUT2D eigenvalue weighted by Crippen LogP contribution is 2.30. The Morgan fingerprint density at radius 1 is 0.967 bits per heavy atom. The van der Waals surface area contributed by atoms with E-state index in [2.05, 4.69) is 48.2 Å². The fourth-order valence-electron chi connectivity index (χ4n) is 4.60. The van der Waals surface area contributed by atoms with E-state index in [1.54, 1.807) is 6.33 Å². The number of rotatable bonds is 3. The summed E-state index contributed by atoms with van der Waals surface area (Å²) in [5.74, 6) is 1.11. The first kappa shape index (κ1) is 18.8. The Bertz CT molecular complexity index is 1060. The summed E-state index contributed by atoms with van der Waals surface area (Å²) in [6.07, 6.45) is 4.10. The van der Waals surface area contributed by atoms with Crippen molar-refractivity contribution in [2.75, 3.05) is 49.1 Å². The molecule has 2 saturated heterocycles. The molecule has 0 spiro atoms. The Hall–Kier alpha value is -3.16. The monoisotopic (exact) mass is 405 g/mol. The van der Waals surface area contributed by atoms with Gasteiger partial charge in [-0.2, -0.15) is 5.10 Å². The van der Waals surface area contributed by atoms with Crippen LogP contribution in [-0.4, -0.2) is 70.2 Å². The summed E-state index contributed by atoms with van der Waals surface area (Å²) in [5.41, 5.74) is 4.46. The molecule has 2 aliphatic heterocycles. The summed E-state index contributed by atoms with van der Waals surface area (Å²) in [6, 6.07) is 6.43. The second-order valence-electron chi connectivity index (χ2n) is 8.18. The van der Waals surface area contributed by atoms with E-state index in [-0.39, 0.29) is 5.91 Å². The van der Waals surface area contributed by atoms with Crippen molar-refractivity contribution in [3.05, 3.63) is 41.5 Å². The Kier molecular flexibility index (Phi) is 4.77. The number of amides is 1. The van der Waals surface area contributed by atoms with Crippen LogP contribution >= 0.6 is 0 Å².